The highest BCUT2D eigenvalue weighted by atomic mass is 32.1. The van der Waals surface area contributed by atoms with Crippen molar-refractivity contribution in [2.75, 3.05) is 16.4 Å². The van der Waals surface area contributed by atoms with E-state index in [-0.39, 0.29) is 5.82 Å². The van der Waals surface area contributed by atoms with E-state index in [2.05, 4.69) is 25.7 Å². The number of nitrogen functional groups attached to an aromatic ring is 1. The summed E-state index contributed by atoms with van der Waals surface area (Å²) in [6.07, 6.45) is 0.215. The largest absolute Gasteiger partial charge is 0.416 e. The Hall–Kier alpha value is -4.52. The van der Waals surface area contributed by atoms with Crippen LogP contribution in [0.25, 0.3) is 27.1 Å². The molecule has 2 aromatic carbocycles. The first kappa shape index (κ1) is 23.2. The highest BCUT2D eigenvalue weighted by Crippen LogP contribution is 2.40. The van der Waals surface area contributed by atoms with Gasteiger partial charge in [-0.25, -0.2) is 18.7 Å². The number of nitrogens with one attached hydrogen (secondary N) is 2. The average molecular weight is 513 g/mol. The number of alkyl halides is 3. The summed E-state index contributed by atoms with van der Waals surface area (Å²) < 4.78 is 54.3. The molecule has 0 aliphatic carbocycles. The predicted octanol–water partition coefficient (Wildman–Crippen LogP) is 5.90. The van der Waals surface area contributed by atoms with Crippen molar-refractivity contribution >= 4 is 40.1 Å². The fourth-order valence-corrected chi connectivity index (χ4v) is 4.30. The van der Waals surface area contributed by atoms with Gasteiger partial charge in [-0.2, -0.15) is 18.3 Å². The number of rotatable bonds is 4. The fraction of sp³-hybridized carbons (Fsp3) is 0.0435. The maximum Gasteiger partial charge on any atom is 0.416 e. The van der Waals surface area contributed by atoms with E-state index in [9.17, 15) is 22.4 Å². The molecule has 3 aromatic heterocycles. The van der Waals surface area contributed by atoms with Crippen LogP contribution < -0.4 is 16.4 Å². The smallest absolute Gasteiger partial charge is 0.382 e. The van der Waals surface area contributed by atoms with E-state index in [1.165, 1.54) is 17.7 Å². The molecule has 5 aromatic rings. The Kier molecular flexibility index (Phi) is 5.76. The van der Waals surface area contributed by atoms with E-state index < -0.39 is 29.3 Å². The Morgan fingerprint density at radius 2 is 1.86 bits per heavy atom. The van der Waals surface area contributed by atoms with Crippen molar-refractivity contribution < 1.29 is 22.4 Å². The lowest BCUT2D eigenvalue weighted by atomic mass is 10.0. The first-order valence-electron chi connectivity index (χ1n) is 10.3. The molecule has 0 bridgehead atoms. The van der Waals surface area contributed by atoms with Gasteiger partial charge in [-0.1, -0.05) is 12.1 Å². The first-order valence-corrected chi connectivity index (χ1v) is 11.1. The molecule has 4 N–H and O–H groups in total. The van der Waals surface area contributed by atoms with Gasteiger partial charge in [0.1, 0.15) is 17.7 Å². The molecule has 2 amide bonds. The standard InChI is InChI=1S/C23H15F4N7OS/c24-16-6-3-13(23(25,26)27)7-17(16)33-22(35)32-14-4-1-12(2-5-14)19-15(18-8-29-11-36-18)9-34-20(19)21(28)30-10-31-34/h1-11H,(H2,28,30,31)(H2,32,33,35). The number of amides is 2. The lowest BCUT2D eigenvalue weighted by molar-refractivity contribution is -0.137. The minimum atomic E-state index is -4.67. The third-order valence-corrected chi connectivity index (χ3v) is 6.08. The number of nitrogens with two attached hydrogens (primary N) is 1. The quantitative estimate of drug-likeness (QED) is 0.259. The molecule has 0 fully saturated rings. The molecule has 0 radical (unpaired) electrons. The van der Waals surface area contributed by atoms with Crippen LogP contribution in [0.15, 0.2) is 66.7 Å². The van der Waals surface area contributed by atoms with Crippen LogP contribution in [-0.4, -0.2) is 25.6 Å². The Morgan fingerprint density at radius 3 is 2.56 bits per heavy atom. The number of nitrogens with zero attached hydrogens (tertiary/aromatic N) is 4. The number of aromatic nitrogens is 4. The SMILES string of the molecule is Nc1ncnn2cc(-c3cncs3)c(-c3ccc(NC(=O)Nc4cc(C(F)(F)F)ccc4F)cc3)c12. The van der Waals surface area contributed by atoms with Crippen molar-refractivity contribution in [3.8, 4) is 21.6 Å². The molecule has 0 aliphatic rings. The van der Waals surface area contributed by atoms with E-state index in [1.54, 1.807) is 40.5 Å². The van der Waals surface area contributed by atoms with E-state index in [4.69, 9.17) is 5.73 Å². The Labute approximate surface area is 204 Å². The van der Waals surface area contributed by atoms with Crippen molar-refractivity contribution in [1.82, 2.24) is 19.6 Å². The number of halogens is 4. The van der Waals surface area contributed by atoms with E-state index >= 15 is 0 Å². The second kappa shape index (κ2) is 8.92. The molecule has 0 spiro atoms. The van der Waals surface area contributed by atoms with Gasteiger partial charge < -0.3 is 16.4 Å². The number of anilines is 3. The molecule has 0 saturated carbocycles. The topological polar surface area (TPSA) is 110 Å². The second-order valence-electron chi connectivity index (χ2n) is 7.57. The summed E-state index contributed by atoms with van der Waals surface area (Å²) in [5, 5.41) is 8.81. The zero-order valence-corrected chi connectivity index (χ0v) is 18.9. The second-order valence-corrected chi connectivity index (χ2v) is 8.46. The van der Waals surface area contributed by atoms with Gasteiger partial charge in [0.25, 0.3) is 0 Å². The van der Waals surface area contributed by atoms with Crippen LogP contribution in [0.2, 0.25) is 0 Å². The molecule has 0 saturated heterocycles. The molecular weight excluding hydrogens is 498 g/mol. The molecule has 0 unspecified atom stereocenters. The third-order valence-electron chi connectivity index (χ3n) is 5.27. The van der Waals surface area contributed by atoms with Gasteiger partial charge in [-0.05, 0) is 35.9 Å². The van der Waals surface area contributed by atoms with Crippen LogP contribution in [-0.2, 0) is 6.18 Å². The Bertz CT molecular complexity index is 1560. The molecule has 8 nitrogen and oxygen atoms in total. The molecule has 182 valence electrons. The van der Waals surface area contributed by atoms with Gasteiger partial charge in [0.15, 0.2) is 5.82 Å². The van der Waals surface area contributed by atoms with Crippen LogP contribution in [0.5, 0.6) is 0 Å². The van der Waals surface area contributed by atoms with Gasteiger partial charge in [-0.3, -0.25) is 4.98 Å². The Balaban J connectivity index is 1.41. The van der Waals surface area contributed by atoms with Crippen LogP contribution in [0.1, 0.15) is 5.56 Å². The number of fused-ring (bicyclic) bond motifs is 1. The average Bonchev–Trinajstić information content (AvgIpc) is 3.49. The Morgan fingerprint density at radius 1 is 1.08 bits per heavy atom. The molecular formula is C23H15F4N7OS. The van der Waals surface area contributed by atoms with Gasteiger partial charge in [0, 0.05) is 29.2 Å². The lowest BCUT2D eigenvalue weighted by Crippen LogP contribution is -2.20. The van der Waals surface area contributed by atoms with Crippen LogP contribution in [0.4, 0.5) is 39.5 Å². The number of carbonyl (C=O) groups excluding carboxylic acids is 1. The minimum absolute atomic E-state index is 0.278. The van der Waals surface area contributed by atoms with Gasteiger partial charge in [0.2, 0.25) is 0 Å². The molecule has 13 heteroatoms. The van der Waals surface area contributed by atoms with Gasteiger partial charge in [-0.15, -0.1) is 11.3 Å². The highest BCUT2D eigenvalue weighted by molar-refractivity contribution is 7.13. The van der Waals surface area contributed by atoms with E-state index in [1.807, 2.05) is 6.20 Å². The summed E-state index contributed by atoms with van der Waals surface area (Å²) in [6, 6.07) is 7.52. The summed E-state index contributed by atoms with van der Waals surface area (Å²) >= 11 is 1.44. The highest BCUT2D eigenvalue weighted by Gasteiger charge is 2.31. The number of hydrogen-bond donors (Lipinski definition) is 3. The van der Waals surface area contributed by atoms with E-state index in [0.29, 0.717) is 29.4 Å². The zero-order chi connectivity index (χ0) is 25.4. The van der Waals surface area contributed by atoms with Crippen molar-refractivity contribution in [3.63, 3.8) is 0 Å². The monoisotopic (exact) mass is 513 g/mol. The normalized spacial score (nSPS) is 11.6. The molecule has 3 heterocycles. The van der Waals surface area contributed by atoms with Gasteiger partial charge >= 0.3 is 12.2 Å². The molecule has 0 aliphatic heterocycles. The van der Waals surface area contributed by atoms with Crippen molar-refractivity contribution in [2.45, 2.75) is 6.18 Å². The third kappa shape index (κ3) is 4.43. The van der Waals surface area contributed by atoms with E-state index in [0.717, 1.165) is 21.6 Å². The summed E-state index contributed by atoms with van der Waals surface area (Å²) in [6.45, 7) is 0. The van der Waals surface area contributed by atoms with Crippen molar-refractivity contribution in [3.05, 3.63) is 78.1 Å². The number of urea groups is 1. The predicted molar refractivity (Wildman–Crippen MR) is 128 cm³/mol. The first-order chi connectivity index (χ1) is 17.2. The molecule has 5 rings (SSSR count). The summed E-state index contributed by atoms with van der Waals surface area (Å²) in [5.74, 6) is -0.718. The van der Waals surface area contributed by atoms with Crippen LogP contribution in [0, 0.1) is 5.82 Å². The number of thiazole rings is 1. The van der Waals surface area contributed by atoms with Crippen molar-refractivity contribution in [1.29, 1.82) is 0 Å². The molecule has 36 heavy (non-hydrogen) atoms. The minimum Gasteiger partial charge on any atom is -0.382 e. The zero-order valence-electron chi connectivity index (χ0n) is 18.0. The summed E-state index contributed by atoms with van der Waals surface area (Å²) in [5.41, 5.74) is 9.43. The lowest BCUT2D eigenvalue weighted by Gasteiger charge is -2.12. The number of hydrogen-bond acceptors (Lipinski definition) is 6. The number of benzene rings is 2. The molecule has 0 atom stereocenters. The fourth-order valence-electron chi connectivity index (χ4n) is 3.66. The maximum atomic E-state index is 13.9. The summed E-state index contributed by atoms with van der Waals surface area (Å²) in [4.78, 5) is 21.4. The van der Waals surface area contributed by atoms with Crippen LogP contribution in [0.3, 0.4) is 0 Å². The summed E-state index contributed by atoms with van der Waals surface area (Å²) in [7, 11) is 0. The van der Waals surface area contributed by atoms with Crippen LogP contribution >= 0.6 is 11.3 Å². The van der Waals surface area contributed by atoms with Gasteiger partial charge in [0.05, 0.1) is 21.6 Å². The van der Waals surface area contributed by atoms with Crippen molar-refractivity contribution in [2.24, 2.45) is 0 Å². The number of carbonyl (C=O) groups is 1. The maximum absolute atomic E-state index is 13.9.